The Bertz CT molecular complexity index is 280. The fourth-order valence-electron chi connectivity index (χ4n) is 1.28. The van der Waals surface area contributed by atoms with Crippen LogP contribution in [0.25, 0.3) is 0 Å². The van der Waals surface area contributed by atoms with Gasteiger partial charge in [-0.15, -0.1) is 0 Å². The summed E-state index contributed by atoms with van der Waals surface area (Å²) in [6, 6.07) is 0. The number of rotatable bonds is 11. The third kappa shape index (κ3) is 17.5. The van der Waals surface area contributed by atoms with Crippen LogP contribution in [0.15, 0.2) is 0 Å². The minimum absolute atomic E-state index is 0.176. The molecule has 0 aliphatic rings. The predicted octanol–water partition coefficient (Wildman–Crippen LogP) is 6.73. The van der Waals surface area contributed by atoms with E-state index in [1.54, 1.807) is 43.2 Å². The first-order valence-electron chi connectivity index (χ1n) is 7.42. The third-order valence-electron chi connectivity index (χ3n) is 2.12. The van der Waals surface area contributed by atoms with Crippen molar-refractivity contribution < 1.29 is 9.47 Å². The van der Waals surface area contributed by atoms with Crippen LogP contribution < -0.4 is 0 Å². The van der Waals surface area contributed by atoms with Crippen molar-refractivity contribution in [3.63, 3.8) is 0 Å². The van der Waals surface area contributed by atoms with Crippen LogP contribution in [0.4, 0.5) is 0 Å². The smallest absolute Gasteiger partial charge is 0.231 e. The molecule has 0 aromatic carbocycles. The van der Waals surface area contributed by atoms with Crippen molar-refractivity contribution >= 4 is 76.4 Å². The average molecular weight is 419 g/mol. The molecule has 0 aliphatic heterocycles. The van der Waals surface area contributed by atoms with Crippen LogP contribution in [0.5, 0.6) is 0 Å². The molecule has 0 radical (unpaired) electrons. The van der Waals surface area contributed by atoms with Crippen molar-refractivity contribution in [3.8, 4) is 0 Å². The molecule has 0 amide bonds. The molecular formula is C14H26O2S6. The third-order valence-corrected chi connectivity index (χ3v) is 7.67. The highest BCUT2D eigenvalue weighted by molar-refractivity contribution is 8.83. The minimum Gasteiger partial charge on any atom is -0.475 e. The molecule has 0 fully saturated rings. The van der Waals surface area contributed by atoms with E-state index in [0.717, 1.165) is 11.5 Å². The lowest BCUT2D eigenvalue weighted by molar-refractivity contribution is 0.243. The van der Waals surface area contributed by atoms with E-state index < -0.39 is 0 Å². The van der Waals surface area contributed by atoms with Gasteiger partial charge in [0, 0.05) is 11.5 Å². The van der Waals surface area contributed by atoms with E-state index in [1.807, 2.05) is 27.7 Å². The van der Waals surface area contributed by atoms with Gasteiger partial charge in [-0.2, -0.15) is 0 Å². The van der Waals surface area contributed by atoms with Gasteiger partial charge in [-0.25, -0.2) is 0 Å². The first kappa shape index (κ1) is 23.2. The molecule has 0 aromatic heterocycles. The monoisotopic (exact) mass is 418 g/mol. The van der Waals surface area contributed by atoms with Crippen LogP contribution in [0.3, 0.4) is 0 Å². The Hall–Kier alpha value is 1.18. The summed E-state index contributed by atoms with van der Waals surface area (Å²) >= 11 is 10.2. The van der Waals surface area contributed by atoms with Gasteiger partial charge < -0.3 is 9.47 Å². The van der Waals surface area contributed by atoms with Crippen LogP contribution in [0.2, 0.25) is 0 Å². The van der Waals surface area contributed by atoms with E-state index in [9.17, 15) is 0 Å². The fraction of sp³-hybridized carbons (Fsp3) is 0.857. The molecule has 22 heavy (non-hydrogen) atoms. The molecule has 0 aliphatic carbocycles. The normalized spacial score (nSPS) is 11.0. The summed E-state index contributed by atoms with van der Waals surface area (Å²) in [6.07, 6.45) is 5.35. The van der Waals surface area contributed by atoms with Crippen molar-refractivity contribution in [2.45, 2.75) is 65.6 Å². The molecule has 0 unspecified atom stereocenters. The zero-order valence-electron chi connectivity index (χ0n) is 13.7. The lowest BCUT2D eigenvalue weighted by Gasteiger charge is -2.09. The summed E-state index contributed by atoms with van der Waals surface area (Å²) < 4.78 is 12.1. The molecule has 0 bridgehead atoms. The number of hydrogen-bond donors (Lipinski definition) is 0. The van der Waals surface area contributed by atoms with Gasteiger partial charge in [-0.3, -0.25) is 0 Å². The number of thiocarbonyl (C=S) groups is 2. The van der Waals surface area contributed by atoms with E-state index in [0.29, 0.717) is 8.77 Å². The minimum atomic E-state index is 0.176. The maximum absolute atomic E-state index is 5.41. The average Bonchev–Trinajstić information content (AvgIpc) is 2.39. The second-order valence-electron chi connectivity index (χ2n) is 5.06. The van der Waals surface area contributed by atoms with Gasteiger partial charge in [0.15, 0.2) is 0 Å². The van der Waals surface area contributed by atoms with Crippen molar-refractivity contribution in [1.82, 2.24) is 0 Å². The molecule has 0 saturated heterocycles. The second kappa shape index (κ2) is 15.7. The van der Waals surface area contributed by atoms with Crippen molar-refractivity contribution in [3.05, 3.63) is 0 Å². The van der Waals surface area contributed by atoms with Crippen LogP contribution in [0, 0.1) is 0 Å². The number of hydrogen-bond acceptors (Lipinski definition) is 8. The van der Waals surface area contributed by atoms with Crippen molar-refractivity contribution in [2.24, 2.45) is 0 Å². The summed E-state index contributed by atoms with van der Waals surface area (Å²) in [5, 5.41) is 0. The lowest BCUT2D eigenvalue weighted by Crippen LogP contribution is -2.04. The molecule has 0 N–H and O–H groups in total. The maximum Gasteiger partial charge on any atom is 0.231 e. The van der Waals surface area contributed by atoms with Crippen LogP contribution in [0.1, 0.15) is 53.4 Å². The molecular weight excluding hydrogens is 393 g/mol. The highest BCUT2D eigenvalue weighted by atomic mass is 33.1. The largest absolute Gasteiger partial charge is 0.475 e. The van der Waals surface area contributed by atoms with E-state index >= 15 is 0 Å². The zero-order valence-corrected chi connectivity index (χ0v) is 18.6. The van der Waals surface area contributed by atoms with Gasteiger partial charge in [0.2, 0.25) is 8.77 Å². The predicted molar refractivity (Wildman–Crippen MR) is 116 cm³/mol. The van der Waals surface area contributed by atoms with Gasteiger partial charge in [0.1, 0.15) is 0 Å². The fourth-order valence-corrected chi connectivity index (χ4v) is 6.02. The van der Waals surface area contributed by atoms with Gasteiger partial charge in [-0.05, 0) is 86.6 Å². The molecule has 2 nitrogen and oxygen atoms in total. The molecule has 0 aromatic rings. The Morgan fingerprint density at radius 3 is 1.41 bits per heavy atom. The highest BCUT2D eigenvalue weighted by Gasteiger charge is 2.03. The molecule has 0 saturated carbocycles. The van der Waals surface area contributed by atoms with Gasteiger partial charge in [0.25, 0.3) is 0 Å². The van der Waals surface area contributed by atoms with Crippen molar-refractivity contribution in [1.29, 1.82) is 0 Å². The van der Waals surface area contributed by atoms with Crippen LogP contribution in [-0.4, -0.2) is 32.5 Å². The Morgan fingerprint density at radius 1 is 0.727 bits per heavy atom. The van der Waals surface area contributed by atoms with Crippen molar-refractivity contribution in [2.75, 3.05) is 11.5 Å². The maximum atomic E-state index is 5.41. The van der Waals surface area contributed by atoms with E-state index in [-0.39, 0.29) is 12.2 Å². The molecule has 0 rings (SSSR count). The summed E-state index contributed by atoms with van der Waals surface area (Å²) in [6.45, 7) is 7.98. The van der Waals surface area contributed by atoms with E-state index in [2.05, 4.69) is 0 Å². The Balaban J connectivity index is 3.24. The first-order valence-corrected chi connectivity index (χ1v) is 12.9. The quantitative estimate of drug-likeness (QED) is 0.206. The molecule has 0 heterocycles. The summed E-state index contributed by atoms with van der Waals surface area (Å²) in [7, 11) is 6.73. The number of ether oxygens (including phenoxy) is 2. The van der Waals surface area contributed by atoms with Crippen LogP contribution >= 0.6 is 67.6 Å². The first-order chi connectivity index (χ1) is 10.4. The zero-order chi connectivity index (χ0) is 16.8. The Labute approximate surface area is 162 Å². The molecule has 0 atom stereocenters. The lowest BCUT2D eigenvalue weighted by atomic mass is 10.2. The Kier molecular flexibility index (Phi) is 16.5. The molecule has 8 heteroatoms. The summed E-state index contributed by atoms with van der Waals surface area (Å²) in [4.78, 5) is 0. The van der Waals surface area contributed by atoms with Gasteiger partial charge in [-0.1, -0.05) is 34.4 Å². The summed E-state index contributed by atoms with van der Waals surface area (Å²) in [5.41, 5.74) is 0. The molecule has 0 spiro atoms. The number of unbranched alkanes of at least 4 members (excludes halogenated alkanes) is 3. The van der Waals surface area contributed by atoms with Gasteiger partial charge >= 0.3 is 0 Å². The van der Waals surface area contributed by atoms with Crippen LogP contribution in [-0.2, 0) is 9.47 Å². The Morgan fingerprint density at radius 2 is 1.09 bits per heavy atom. The standard InChI is InChI=1S/C14H26O2S6/c1-11(2)15-13(17)21-19-9-7-5-6-8-10-20-22-14(18)16-12(3)4/h11-12H,5-10H2,1-4H3. The van der Waals surface area contributed by atoms with Gasteiger partial charge in [0.05, 0.1) is 12.2 Å². The van der Waals surface area contributed by atoms with E-state index in [1.165, 1.54) is 25.7 Å². The highest BCUT2D eigenvalue weighted by Crippen LogP contribution is 2.27. The molecule has 130 valence electrons. The SMILES string of the molecule is CC(C)OC(=S)SSCCCCCCSSC(=S)OC(C)C. The van der Waals surface area contributed by atoms with E-state index in [4.69, 9.17) is 33.9 Å². The second-order valence-corrected chi connectivity index (χ2v) is 11.1. The summed E-state index contributed by atoms with van der Waals surface area (Å²) in [5.74, 6) is 2.25. The topological polar surface area (TPSA) is 18.5 Å².